The predicted molar refractivity (Wildman–Crippen MR) is 84.2 cm³/mol. The molecule has 0 fully saturated rings. The fourth-order valence-corrected chi connectivity index (χ4v) is 2.56. The molecule has 0 saturated heterocycles. The van der Waals surface area contributed by atoms with Crippen molar-refractivity contribution in [2.45, 2.75) is 45.0 Å². The molecule has 1 aromatic rings. The van der Waals surface area contributed by atoms with Gasteiger partial charge in [-0.05, 0) is 37.8 Å². The summed E-state index contributed by atoms with van der Waals surface area (Å²) in [7, 11) is 0. The second-order valence-electron chi connectivity index (χ2n) is 5.94. The number of esters is 1. The van der Waals surface area contributed by atoms with E-state index in [2.05, 4.69) is 0 Å². The van der Waals surface area contributed by atoms with Crippen LogP contribution in [0.4, 0.5) is 0 Å². The van der Waals surface area contributed by atoms with Gasteiger partial charge in [0.2, 0.25) is 11.6 Å². The third-order valence-corrected chi connectivity index (χ3v) is 3.85. The molecule has 1 aliphatic heterocycles. The Kier molecular flexibility index (Phi) is 6.11. The molecule has 0 spiro atoms. The standard InChI is InChI=1S/C17H20O8/c1-9-3-2-4-12(19)16(22)14(21)8-24-7-10-5-11(18)6-13(20)15(10)17(23)25-9/h5-6,9,12,18-20H,2-4,7-8H2,1H3/t9-,12?/m0/s1. The first-order valence-electron chi connectivity index (χ1n) is 7.88. The van der Waals surface area contributed by atoms with E-state index >= 15 is 0 Å². The highest BCUT2D eigenvalue weighted by atomic mass is 16.5. The molecule has 2 rings (SSSR count). The van der Waals surface area contributed by atoms with E-state index in [9.17, 15) is 29.7 Å². The van der Waals surface area contributed by atoms with Crippen molar-refractivity contribution in [1.29, 1.82) is 0 Å². The first-order chi connectivity index (χ1) is 11.8. The van der Waals surface area contributed by atoms with E-state index in [4.69, 9.17) is 9.47 Å². The number of phenolic OH excluding ortho intramolecular Hbond substituents is 2. The summed E-state index contributed by atoms with van der Waals surface area (Å²) in [6, 6.07) is 2.20. The van der Waals surface area contributed by atoms with Crippen LogP contribution < -0.4 is 0 Å². The summed E-state index contributed by atoms with van der Waals surface area (Å²) in [6.07, 6.45) is -1.14. The zero-order valence-corrected chi connectivity index (χ0v) is 13.7. The lowest BCUT2D eigenvalue weighted by Gasteiger charge is -2.18. The van der Waals surface area contributed by atoms with Gasteiger partial charge in [0.25, 0.3) is 0 Å². The summed E-state index contributed by atoms with van der Waals surface area (Å²) in [5, 5.41) is 29.3. The van der Waals surface area contributed by atoms with Crippen LogP contribution in [0.2, 0.25) is 0 Å². The van der Waals surface area contributed by atoms with Crippen molar-refractivity contribution in [3.8, 4) is 11.5 Å². The summed E-state index contributed by atoms with van der Waals surface area (Å²) < 4.78 is 10.4. The number of carbonyl (C=O) groups is 3. The Morgan fingerprint density at radius 2 is 1.80 bits per heavy atom. The van der Waals surface area contributed by atoms with Crippen molar-refractivity contribution in [2.24, 2.45) is 0 Å². The number of ether oxygens (including phenoxy) is 2. The van der Waals surface area contributed by atoms with Gasteiger partial charge in [0.15, 0.2) is 0 Å². The summed E-state index contributed by atoms with van der Waals surface area (Å²) in [4.78, 5) is 35.8. The van der Waals surface area contributed by atoms with Crippen molar-refractivity contribution >= 4 is 17.5 Å². The molecule has 3 N–H and O–H groups in total. The number of aromatic hydroxyl groups is 2. The van der Waals surface area contributed by atoms with Gasteiger partial charge in [-0.1, -0.05) is 0 Å². The lowest BCUT2D eigenvalue weighted by atomic mass is 10.0. The summed E-state index contributed by atoms with van der Waals surface area (Å²) in [5.41, 5.74) is -0.0481. The maximum Gasteiger partial charge on any atom is 0.342 e. The van der Waals surface area contributed by atoms with Crippen molar-refractivity contribution in [1.82, 2.24) is 0 Å². The highest BCUT2D eigenvalue weighted by molar-refractivity contribution is 6.39. The Labute approximate surface area is 144 Å². The van der Waals surface area contributed by atoms with Crippen LogP contribution in [0.3, 0.4) is 0 Å². The molecule has 0 amide bonds. The van der Waals surface area contributed by atoms with E-state index in [1.807, 2.05) is 0 Å². The minimum Gasteiger partial charge on any atom is -0.508 e. The first kappa shape index (κ1) is 18.9. The number of carbonyl (C=O) groups excluding carboxylic acids is 3. The number of Topliss-reactive ketones (excluding diaryl/α,β-unsaturated/α-hetero) is 2. The van der Waals surface area contributed by atoms with Crippen molar-refractivity contribution in [2.75, 3.05) is 6.61 Å². The number of fused-ring (bicyclic) bond motifs is 1. The molecule has 25 heavy (non-hydrogen) atoms. The number of rotatable bonds is 0. The molecular weight excluding hydrogens is 332 g/mol. The molecule has 136 valence electrons. The van der Waals surface area contributed by atoms with Gasteiger partial charge in [-0.3, -0.25) is 9.59 Å². The molecule has 0 saturated carbocycles. The Morgan fingerprint density at radius 3 is 2.52 bits per heavy atom. The van der Waals surface area contributed by atoms with Crippen molar-refractivity contribution in [3.05, 3.63) is 23.3 Å². The van der Waals surface area contributed by atoms with E-state index in [0.29, 0.717) is 12.8 Å². The van der Waals surface area contributed by atoms with Gasteiger partial charge in [0.1, 0.15) is 29.8 Å². The number of cyclic esters (lactones) is 1. The first-order valence-corrected chi connectivity index (χ1v) is 7.88. The van der Waals surface area contributed by atoms with E-state index in [1.54, 1.807) is 6.92 Å². The van der Waals surface area contributed by atoms with Crippen LogP contribution in [0.15, 0.2) is 12.1 Å². The van der Waals surface area contributed by atoms with Crippen molar-refractivity contribution in [3.63, 3.8) is 0 Å². The van der Waals surface area contributed by atoms with Crippen LogP contribution >= 0.6 is 0 Å². The maximum absolute atomic E-state index is 12.3. The third-order valence-electron chi connectivity index (χ3n) is 3.85. The Bertz CT molecular complexity index is 681. The van der Waals surface area contributed by atoms with Crippen LogP contribution in [-0.4, -0.2) is 51.7 Å². The minimum atomic E-state index is -1.41. The molecular formula is C17H20O8. The SMILES string of the molecule is C[C@H]1CCCC(O)C(=O)C(=O)COCc2cc(O)cc(O)c2C(=O)O1. The average Bonchev–Trinajstić information content (AvgIpc) is 2.52. The maximum atomic E-state index is 12.3. The van der Waals surface area contributed by atoms with E-state index < -0.39 is 42.1 Å². The lowest BCUT2D eigenvalue weighted by Crippen LogP contribution is -2.31. The zero-order chi connectivity index (χ0) is 18.6. The molecule has 1 heterocycles. The fourth-order valence-electron chi connectivity index (χ4n) is 2.56. The van der Waals surface area contributed by atoms with Crippen LogP contribution in [0, 0.1) is 0 Å². The van der Waals surface area contributed by atoms with E-state index in [0.717, 1.165) is 6.07 Å². The number of benzene rings is 1. The van der Waals surface area contributed by atoms with Gasteiger partial charge in [-0.2, -0.15) is 0 Å². The Morgan fingerprint density at radius 1 is 1.08 bits per heavy atom. The second-order valence-corrected chi connectivity index (χ2v) is 5.94. The molecule has 0 aromatic heterocycles. The summed E-state index contributed by atoms with van der Waals surface area (Å²) >= 11 is 0. The van der Waals surface area contributed by atoms with E-state index in [1.165, 1.54) is 6.07 Å². The van der Waals surface area contributed by atoms with Crippen LogP contribution in [0.25, 0.3) is 0 Å². The smallest absolute Gasteiger partial charge is 0.342 e. The molecule has 0 radical (unpaired) electrons. The Hall–Kier alpha value is -2.45. The average molecular weight is 352 g/mol. The molecule has 0 bridgehead atoms. The lowest BCUT2D eigenvalue weighted by molar-refractivity contribution is -0.144. The normalized spacial score (nSPS) is 23.5. The van der Waals surface area contributed by atoms with Gasteiger partial charge in [-0.15, -0.1) is 0 Å². The molecule has 2 atom stereocenters. The quantitative estimate of drug-likeness (QED) is 0.462. The van der Waals surface area contributed by atoms with E-state index in [-0.39, 0.29) is 29.9 Å². The van der Waals surface area contributed by atoms with Gasteiger partial charge < -0.3 is 24.8 Å². The number of hydrogen-bond acceptors (Lipinski definition) is 8. The number of phenols is 2. The van der Waals surface area contributed by atoms with Crippen LogP contribution in [0.5, 0.6) is 11.5 Å². The zero-order valence-electron chi connectivity index (χ0n) is 13.7. The van der Waals surface area contributed by atoms with Gasteiger partial charge in [0, 0.05) is 6.07 Å². The van der Waals surface area contributed by atoms with Gasteiger partial charge in [0.05, 0.1) is 12.7 Å². The van der Waals surface area contributed by atoms with Gasteiger partial charge >= 0.3 is 5.97 Å². The molecule has 1 unspecified atom stereocenters. The number of hydrogen-bond donors (Lipinski definition) is 3. The highest BCUT2D eigenvalue weighted by Crippen LogP contribution is 2.29. The monoisotopic (exact) mass is 352 g/mol. The number of ketones is 2. The number of aliphatic hydroxyl groups excluding tert-OH is 1. The van der Waals surface area contributed by atoms with Crippen LogP contribution in [0.1, 0.15) is 42.1 Å². The molecule has 8 heteroatoms. The number of aliphatic hydroxyl groups is 1. The second kappa shape index (κ2) is 8.09. The fraction of sp³-hybridized carbons (Fsp3) is 0.471. The van der Waals surface area contributed by atoms with Gasteiger partial charge in [-0.25, -0.2) is 4.79 Å². The largest absolute Gasteiger partial charge is 0.508 e. The Balaban J connectivity index is 2.31. The molecule has 8 nitrogen and oxygen atoms in total. The molecule has 1 aromatic carbocycles. The minimum absolute atomic E-state index is 0.0716. The highest BCUT2D eigenvalue weighted by Gasteiger charge is 2.26. The van der Waals surface area contributed by atoms with Crippen molar-refractivity contribution < 1.29 is 39.2 Å². The van der Waals surface area contributed by atoms with Crippen LogP contribution in [-0.2, 0) is 25.7 Å². The molecule has 1 aliphatic rings. The summed E-state index contributed by atoms with van der Waals surface area (Å²) in [5.74, 6) is -3.37. The topological polar surface area (TPSA) is 130 Å². The third kappa shape index (κ3) is 4.77. The predicted octanol–water partition coefficient (Wildman–Crippen LogP) is 0.843. The molecule has 0 aliphatic carbocycles. The summed E-state index contributed by atoms with van der Waals surface area (Å²) in [6.45, 7) is 0.740.